The van der Waals surface area contributed by atoms with Gasteiger partial charge in [-0.25, -0.2) is 0 Å². The lowest BCUT2D eigenvalue weighted by atomic mass is 9.88. The Morgan fingerprint density at radius 1 is 1.46 bits per heavy atom. The summed E-state index contributed by atoms with van der Waals surface area (Å²) in [5, 5.41) is 20.7. The van der Waals surface area contributed by atoms with Crippen LogP contribution in [0.15, 0.2) is 16.6 Å². The monoisotopic (exact) mass is 333 g/mol. The molecule has 134 valence electrons. The highest BCUT2D eigenvalue weighted by atomic mass is 16.3. The summed E-state index contributed by atoms with van der Waals surface area (Å²) in [6.07, 6.45) is 9.36. The number of carbonyl (C=O) groups is 1. The molecule has 2 N–H and O–H groups in total. The van der Waals surface area contributed by atoms with Gasteiger partial charge >= 0.3 is 0 Å². The van der Waals surface area contributed by atoms with Crippen LogP contribution in [0.3, 0.4) is 0 Å². The van der Waals surface area contributed by atoms with Crippen molar-refractivity contribution >= 4 is 11.6 Å². The molecule has 2 unspecified atom stereocenters. The Morgan fingerprint density at radius 2 is 2.25 bits per heavy atom. The van der Waals surface area contributed by atoms with Crippen molar-refractivity contribution in [1.29, 1.82) is 5.26 Å². The topological polar surface area (TPSA) is 85.5 Å². The maximum absolute atomic E-state index is 12.0. The van der Waals surface area contributed by atoms with Crippen molar-refractivity contribution in [3.05, 3.63) is 11.6 Å². The molecular weight excluding hydrogens is 302 g/mol. The second-order valence-electron chi connectivity index (χ2n) is 6.40. The number of aliphatic hydroxyl groups excluding tert-OH is 1. The summed E-state index contributed by atoms with van der Waals surface area (Å²) < 4.78 is 0. The smallest absolute Gasteiger partial charge is 0.241 e. The van der Waals surface area contributed by atoms with Crippen LogP contribution in [0.5, 0.6) is 0 Å². The lowest BCUT2D eigenvalue weighted by molar-refractivity contribution is -0.122. The molecule has 0 spiro atoms. The van der Waals surface area contributed by atoms with E-state index in [0.29, 0.717) is 5.92 Å². The van der Waals surface area contributed by atoms with E-state index in [1.165, 1.54) is 19.3 Å². The Labute approximate surface area is 145 Å². The van der Waals surface area contributed by atoms with E-state index >= 15 is 0 Å². The summed E-state index contributed by atoms with van der Waals surface area (Å²) in [6, 6.07) is 2.09. The third-order valence-corrected chi connectivity index (χ3v) is 4.52. The van der Waals surface area contributed by atoms with E-state index < -0.39 is 5.92 Å². The van der Waals surface area contributed by atoms with Crippen LogP contribution in [0.2, 0.25) is 0 Å². The quantitative estimate of drug-likeness (QED) is 0.644. The van der Waals surface area contributed by atoms with Crippen molar-refractivity contribution < 1.29 is 9.90 Å². The number of nitriles is 1. The third-order valence-electron chi connectivity index (χ3n) is 4.52. The van der Waals surface area contributed by atoms with Crippen LogP contribution in [0.1, 0.15) is 58.8 Å². The average Bonchev–Trinajstić information content (AvgIpc) is 2.61. The Morgan fingerprint density at radius 3 is 2.88 bits per heavy atom. The van der Waals surface area contributed by atoms with E-state index in [-0.39, 0.29) is 19.1 Å². The van der Waals surface area contributed by atoms with Gasteiger partial charge in [0.25, 0.3) is 0 Å². The third kappa shape index (κ3) is 6.84. The summed E-state index contributed by atoms with van der Waals surface area (Å²) in [6.45, 7) is 5.31. The van der Waals surface area contributed by atoms with Crippen molar-refractivity contribution in [2.75, 3.05) is 19.7 Å². The average molecular weight is 333 g/mol. The van der Waals surface area contributed by atoms with Gasteiger partial charge in [0.15, 0.2) is 0 Å². The number of amides is 1. The van der Waals surface area contributed by atoms with Gasteiger partial charge in [0.2, 0.25) is 5.91 Å². The number of hydrogen-bond donors (Lipinski definition) is 2. The molecule has 0 saturated carbocycles. The number of aliphatic hydroxyl groups is 1. The number of rotatable bonds is 10. The zero-order valence-corrected chi connectivity index (χ0v) is 15.1. The maximum Gasteiger partial charge on any atom is 0.241 e. The van der Waals surface area contributed by atoms with Crippen LogP contribution >= 0.6 is 0 Å². The SMILES string of the molecule is CCCCC(CC)CN=C1C=C(C(C#N)C(=O)NCCO)CCC1. The number of hydrogen-bond acceptors (Lipinski definition) is 4. The molecule has 0 aromatic rings. The van der Waals surface area contributed by atoms with Gasteiger partial charge in [0.1, 0.15) is 5.92 Å². The predicted molar refractivity (Wildman–Crippen MR) is 96.7 cm³/mol. The van der Waals surface area contributed by atoms with Crippen molar-refractivity contribution in [2.45, 2.75) is 58.8 Å². The van der Waals surface area contributed by atoms with Gasteiger partial charge in [-0.05, 0) is 43.3 Å². The lowest BCUT2D eigenvalue weighted by Crippen LogP contribution is -2.33. The van der Waals surface area contributed by atoms with Crippen molar-refractivity contribution in [3.63, 3.8) is 0 Å². The highest BCUT2D eigenvalue weighted by molar-refractivity contribution is 5.98. The minimum Gasteiger partial charge on any atom is -0.395 e. The summed E-state index contributed by atoms with van der Waals surface area (Å²) in [5.41, 5.74) is 1.86. The fourth-order valence-electron chi connectivity index (χ4n) is 2.94. The number of nitrogens with zero attached hydrogens (tertiary/aromatic N) is 2. The molecule has 0 aromatic heterocycles. The second kappa shape index (κ2) is 11.8. The predicted octanol–water partition coefficient (Wildman–Crippen LogP) is 3.00. The van der Waals surface area contributed by atoms with Crippen LogP contribution in [-0.4, -0.2) is 36.4 Å². The number of unbranched alkanes of at least 4 members (excludes halogenated alkanes) is 1. The number of allylic oxidation sites excluding steroid dienone is 1. The molecule has 2 atom stereocenters. The summed E-state index contributed by atoms with van der Waals surface area (Å²) >= 11 is 0. The molecule has 1 aliphatic rings. The molecule has 5 nitrogen and oxygen atoms in total. The van der Waals surface area contributed by atoms with E-state index in [1.807, 2.05) is 6.08 Å². The van der Waals surface area contributed by atoms with Crippen LogP contribution in [0.25, 0.3) is 0 Å². The molecule has 0 bridgehead atoms. The standard InChI is InChI=1S/C19H31N3O2/c1-3-5-7-15(4-2)14-22-17-9-6-8-16(12-17)18(13-20)19(24)21-10-11-23/h12,15,18,23H,3-11,14H2,1-2H3,(H,21,24). The van der Waals surface area contributed by atoms with Gasteiger partial charge in [-0.1, -0.05) is 33.1 Å². The first-order chi connectivity index (χ1) is 11.7. The van der Waals surface area contributed by atoms with Gasteiger partial charge in [0, 0.05) is 18.8 Å². The zero-order chi connectivity index (χ0) is 17.8. The Kier molecular flexibility index (Phi) is 10.0. The molecule has 1 amide bonds. The molecule has 0 aliphatic heterocycles. The summed E-state index contributed by atoms with van der Waals surface area (Å²) in [5.74, 6) is -0.478. The van der Waals surface area contributed by atoms with Crippen molar-refractivity contribution in [3.8, 4) is 6.07 Å². The van der Waals surface area contributed by atoms with E-state index in [4.69, 9.17) is 10.1 Å². The molecule has 0 radical (unpaired) electrons. The molecule has 1 rings (SSSR count). The van der Waals surface area contributed by atoms with Gasteiger partial charge < -0.3 is 10.4 Å². The Hall–Kier alpha value is -1.67. The zero-order valence-electron chi connectivity index (χ0n) is 15.1. The first kappa shape index (κ1) is 20.4. The minimum atomic E-state index is -0.774. The van der Waals surface area contributed by atoms with E-state index in [9.17, 15) is 10.1 Å². The Balaban J connectivity index is 2.73. The van der Waals surface area contributed by atoms with Gasteiger partial charge in [0.05, 0.1) is 12.7 Å². The van der Waals surface area contributed by atoms with Crippen LogP contribution < -0.4 is 5.32 Å². The number of aliphatic imine (C=N–C) groups is 1. The van der Waals surface area contributed by atoms with Crippen molar-refractivity contribution in [1.82, 2.24) is 5.32 Å². The van der Waals surface area contributed by atoms with E-state index in [2.05, 4.69) is 25.2 Å². The molecule has 5 heteroatoms. The largest absolute Gasteiger partial charge is 0.395 e. The fraction of sp³-hybridized carbons (Fsp3) is 0.737. The van der Waals surface area contributed by atoms with Gasteiger partial charge in [-0.15, -0.1) is 0 Å². The van der Waals surface area contributed by atoms with Gasteiger partial charge in [-0.3, -0.25) is 9.79 Å². The highest BCUT2D eigenvalue weighted by Gasteiger charge is 2.24. The van der Waals surface area contributed by atoms with Crippen LogP contribution in [0, 0.1) is 23.2 Å². The summed E-state index contributed by atoms with van der Waals surface area (Å²) in [7, 11) is 0. The highest BCUT2D eigenvalue weighted by Crippen LogP contribution is 2.24. The van der Waals surface area contributed by atoms with Gasteiger partial charge in [-0.2, -0.15) is 5.26 Å². The van der Waals surface area contributed by atoms with Crippen LogP contribution in [-0.2, 0) is 4.79 Å². The van der Waals surface area contributed by atoms with E-state index in [0.717, 1.165) is 43.5 Å². The molecule has 24 heavy (non-hydrogen) atoms. The van der Waals surface area contributed by atoms with Crippen molar-refractivity contribution in [2.24, 2.45) is 16.8 Å². The maximum atomic E-state index is 12.0. The first-order valence-electron chi connectivity index (χ1n) is 9.18. The van der Waals surface area contributed by atoms with Crippen LogP contribution in [0.4, 0.5) is 0 Å². The Bertz CT molecular complexity index is 491. The lowest BCUT2D eigenvalue weighted by Gasteiger charge is -2.19. The first-order valence-corrected chi connectivity index (χ1v) is 9.18. The second-order valence-corrected chi connectivity index (χ2v) is 6.40. The molecule has 0 fully saturated rings. The molecule has 0 aromatic carbocycles. The molecular formula is C19H31N3O2. The molecule has 1 aliphatic carbocycles. The fourth-order valence-corrected chi connectivity index (χ4v) is 2.94. The molecule has 0 heterocycles. The number of nitrogens with one attached hydrogen (secondary N) is 1. The van der Waals surface area contributed by atoms with E-state index in [1.54, 1.807) is 0 Å². The summed E-state index contributed by atoms with van der Waals surface area (Å²) in [4.78, 5) is 16.8. The molecule has 0 saturated heterocycles. The minimum absolute atomic E-state index is 0.119. The normalized spacial score (nSPS) is 18.6. The number of carbonyl (C=O) groups excluding carboxylic acids is 1.